The highest BCUT2D eigenvalue weighted by Gasteiger charge is 1.97. The van der Waals surface area contributed by atoms with Crippen molar-refractivity contribution in [3.05, 3.63) is 42.8 Å². The zero-order chi connectivity index (χ0) is 11.7. The van der Waals surface area contributed by atoms with Crippen LogP contribution >= 0.6 is 0 Å². The number of aliphatic imine (C=N–C) groups is 1. The Balaban J connectivity index is 0.000000921. The van der Waals surface area contributed by atoms with Gasteiger partial charge in [0.15, 0.2) is 0 Å². The smallest absolute Gasteiger partial charge is 0.148 e. The molecule has 1 aromatic rings. The number of nitrogens with zero attached hydrogens (tertiary/aromatic N) is 3. The molecule has 0 amide bonds. The van der Waals surface area contributed by atoms with Crippen molar-refractivity contribution in [1.82, 2.24) is 9.78 Å². The van der Waals surface area contributed by atoms with E-state index in [-0.39, 0.29) is 0 Å². The fourth-order valence-electron chi connectivity index (χ4n) is 0.946. The summed E-state index contributed by atoms with van der Waals surface area (Å²) in [6.07, 6.45) is 9.13. The first-order chi connectivity index (χ1) is 7.27. The van der Waals surface area contributed by atoms with Crippen LogP contribution in [0.4, 0.5) is 0 Å². The topological polar surface area (TPSA) is 30.2 Å². The molecule has 0 fully saturated rings. The molecule has 0 aromatic carbocycles. The van der Waals surface area contributed by atoms with E-state index in [1.807, 2.05) is 39.1 Å². The molecule has 0 saturated heterocycles. The zero-order valence-electron chi connectivity index (χ0n) is 9.94. The van der Waals surface area contributed by atoms with Gasteiger partial charge in [-0.15, -0.1) is 0 Å². The molecule has 0 saturated carbocycles. The molecule has 3 nitrogen and oxygen atoms in total. The number of aryl methyl sites for hydroxylation is 1. The van der Waals surface area contributed by atoms with Crippen molar-refractivity contribution in [1.29, 1.82) is 0 Å². The first-order valence-corrected chi connectivity index (χ1v) is 5.05. The summed E-state index contributed by atoms with van der Waals surface area (Å²) in [5.74, 6) is 0.799. The van der Waals surface area contributed by atoms with Crippen molar-refractivity contribution in [3.63, 3.8) is 0 Å². The van der Waals surface area contributed by atoms with E-state index in [1.54, 1.807) is 24.0 Å². The predicted molar refractivity (Wildman–Crippen MR) is 66.4 cm³/mol. The van der Waals surface area contributed by atoms with Crippen LogP contribution in [0.15, 0.2) is 42.2 Å². The quantitative estimate of drug-likeness (QED) is 0.415. The molecule has 1 aromatic heterocycles. The highest BCUT2D eigenvalue weighted by Crippen LogP contribution is 1.95. The Morgan fingerprint density at radius 1 is 1.53 bits per heavy atom. The van der Waals surface area contributed by atoms with Crippen molar-refractivity contribution in [2.75, 3.05) is 7.05 Å². The van der Waals surface area contributed by atoms with Crippen molar-refractivity contribution in [2.24, 2.45) is 4.99 Å². The third kappa shape index (κ3) is 4.40. The Kier molecular flexibility index (Phi) is 6.89. The van der Waals surface area contributed by atoms with E-state index in [4.69, 9.17) is 0 Å². The fourth-order valence-corrected chi connectivity index (χ4v) is 0.946. The third-order valence-electron chi connectivity index (χ3n) is 1.56. The normalized spacial score (nSPS) is 11.1. The average molecular weight is 205 g/mol. The van der Waals surface area contributed by atoms with Gasteiger partial charge in [0.2, 0.25) is 0 Å². The minimum absolute atomic E-state index is 0.799. The van der Waals surface area contributed by atoms with E-state index in [1.165, 1.54) is 0 Å². The standard InChI is InChI=1S/C10H13N3.C2H6/c1-4-5-6-10(11-3)13-8-9(2)7-12-13;1-2/h4-8H,1H2,2-3H3;1-2H3/b6-5-,11-10?;. The summed E-state index contributed by atoms with van der Waals surface area (Å²) in [7, 11) is 1.74. The van der Waals surface area contributed by atoms with Gasteiger partial charge >= 0.3 is 0 Å². The Labute approximate surface area is 91.8 Å². The van der Waals surface area contributed by atoms with Crippen LogP contribution in [0.25, 0.3) is 0 Å². The van der Waals surface area contributed by atoms with Gasteiger partial charge in [0, 0.05) is 13.2 Å². The number of rotatable bonds is 2. The highest BCUT2D eigenvalue weighted by molar-refractivity contribution is 5.94. The fraction of sp³-hybridized carbons (Fsp3) is 0.333. The number of allylic oxidation sites excluding steroid dienone is 3. The monoisotopic (exact) mass is 205 g/mol. The summed E-state index contributed by atoms with van der Waals surface area (Å²) < 4.78 is 1.73. The van der Waals surface area contributed by atoms with Crippen LogP contribution in [0.1, 0.15) is 19.4 Å². The molecule has 3 heteroatoms. The minimum Gasteiger partial charge on any atom is -0.270 e. The first-order valence-electron chi connectivity index (χ1n) is 5.05. The van der Waals surface area contributed by atoms with Crippen molar-refractivity contribution in [3.8, 4) is 0 Å². The summed E-state index contributed by atoms with van der Waals surface area (Å²) >= 11 is 0. The zero-order valence-corrected chi connectivity index (χ0v) is 9.94. The lowest BCUT2D eigenvalue weighted by molar-refractivity contribution is 0.934. The van der Waals surface area contributed by atoms with E-state index < -0.39 is 0 Å². The maximum absolute atomic E-state index is 4.14. The second kappa shape index (κ2) is 7.74. The first kappa shape index (κ1) is 13.4. The summed E-state index contributed by atoms with van der Waals surface area (Å²) in [5, 5.41) is 4.14. The molecule has 0 unspecified atom stereocenters. The van der Waals surface area contributed by atoms with Crippen LogP contribution in [0.5, 0.6) is 0 Å². The summed E-state index contributed by atoms with van der Waals surface area (Å²) in [6.45, 7) is 9.59. The predicted octanol–water partition coefficient (Wildman–Crippen LogP) is 2.84. The van der Waals surface area contributed by atoms with Crippen molar-refractivity contribution in [2.45, 2.75) is 20.8 Å². The Hall–Kier alpha value is -1.64. The van der Waals surface area contributed by atoms with Gasteiger partial charge in [0.05, 0.1) is 6.20 Å². The lowest BCUT2D eigenvalue weighted by Gasteiger charge is -1.97. The molecule has 0 aliphatic carbocycles. The molecule has 0 atom stereocenters. The van der Waals surface area contributed by atoms with Crippen molar-refractivity contribution >= 4 is 5.84 Å². The van der Waals surface area contributed by atoms with Crippen LogP contribution in [0, 0.1) is 6.92 Å². The number of aromatic nitrogens is 2. The SMILES string of the molecule is C=C/C=C\C(=NC)n1cc(C)cn1.CC. The number of hydrogen-bond acceptors (Lipinski definition) is 2. The molecule has 0 N–H and O–H groups in total. The van der Waals surface area contributed by atoms with Crippen LogP contribution in [-0.4, -0.2) is 22.7 Å². The third-order valence-corrected chi connectivity index (χ3v) is 1.56. The Bertz CT molecular complexity index is 346. The van der Waals surface area contributed by atoms with Gasteiger partial charge in [-0.2, -0.15) is 5.10 Å². The maximum Gasteiger partial charge on any atom is 0.148 e. The molecular weight excluding hydrogens is 186 g/mol. The summed E-state index contributed by atoms with van der Waals surface area (Å²) in [4.78, 5) is 4.09. The molecule has 0 aliphatic rings. The van der Waals surface area contributed by atoms with E-state index >= 15 is 0 Å². The van der Waals surface area contributed by atoms with Gasteiger partial charge < -0.3 is 0 Å². The van der Waals surface area contributed by atoms with Gasteiger partial charge in [0.1, 0.15) is 5.84 Å². The van der Waals surface area contributed by atoms with E-state index in [2.05, 4.69) is 16.7 Å². The van der Waals surface area contributed by atoms with E-state index in [0.29, 0.717) is 0 Å². The molecule has 15 heavy (non-hydrogen) atoms. The van der Waals surface area contributed by atoms with Gasteiger partial charge in [0.25, 0.3) is 0 Å². The van der Waals surface area contributed by atoms with Crippen LogP contribution in [0.3, 0.4) is 0 Å². The van der Waals surface area contributed by atoms with E-state index in [9.17, 15) is 0 Å². The molecule has 0 aliphatic heterocycles. The largest absolute Gasteiger partial charge is 0.270 e. The second-order valence-electron chi connectivity index (χ2n) is 2.64. The molecular formula is C12H19N3. The second-order valence-corrected chi connectivity index (χ2v) is 2.64. The lowest BCUT2D eigenvalue weighted by atomic mass is 10.4. The number of hydrogen-bond donors (Lipinski definition) is 0. The van der Waals surface area contributed by atoms with Crippen molar-refractivity contribution < 1.29 is 0 Å². The Morgan fingerprint density at radius 2 is 2.20 bits per heavy atom. The molecule has 82 valence electrons. The lowest BCUT2D eigenvalue weighted by Crippen LogP contribution is -2.08. The van der Waals surface area contributed by atoms with Gasteiger partial charge in [-0.3, -0.25) is 4.99 Å². The molecule has 0 bridgehead atoms. The molecule has 0 spiro atoms. The highest BCUT2D eigenvalue weighted by atomic mass is 15.3. The minimum atomic E-state index is 0.799. The van der Waals surface area contributed by atoms with Gasteiger partial charge in [-0.1, -0.05) is 32.6 Å². The summed E-state index contributed by atoms with van der Waals surface area (Å²) in [5.41, 5.74) is 1.12. The van der Waals surface area contributed by atoms with Crippen LogP contribution < -0.4 is 0 Å². The Morgan fingerprint density at radius 3 is 2.60 bits per heavy atom. The molecule has 1 heterocycles. The van der Waals surface area contributed by atoms with Crippen LogP contribution in [0.2, 0.25) is 0 Å². The van der Waals surface area contributed by atoms with Gasteiger partial charge in [-0.05, 0) is 18.6 Å². The molecule has 1 rings (SSSR count). The van der Waals surface area contributed by atoms with Crippen LogP contribution in [-0.2, 0) is 0 Å². The van der Waals surface area contributed by atoms with E-state index in [0.717, 1.165) is 11.4 Å². The average Bonchev–Trinajstić information content (AvgIpc) is 2.69. The van der Waals surface area contributed by atoms with Gasteiger partial charge in [-0.25, -0.2) is 4.68 Å². The molecule has 0 radical (unpaired) electrons. The maximum atomic E-state index is 4.14. The summed E-state index contributed by atoms with van der Waals surface area (Å²) in [6, 6.07) is 0.